The lowest BCUT2D eigenvalue weighted by Crippen LogP contribution is -2.12. The second-order valence-electron chi connectivity index (χ2n) is 5.06. The summed E-state index contributed by atoms with van der Waals surface area (Å²) in [5.74, 6) is -3.00. The summed E-state index contributed by atoms with van der Waals surface area (Å²) in [6, 6.07) is 5.11. The minimum absolute atomic E-state index is 0.0453. The van der Waals surface area contributed by atoms with Gasteiger partial charge >= 0.3 is 5.97 Å². The lowest BCUT2D eigenvalue weighted by molar-refractivity contribution is 0.0691. The Hall–Kier alpha value is -3.22. The summed E-state index contributed by atoms with van der Waals surface area (Å²) >= 11 is 0. The van der Waals surface area contributed by atoms with Crippen LogP contribution in [0.5, 0.6) is 23.0 Å². The van der Waals surface area contributed by atoms with Gasteiger partial charge in [-0.25, -0.2) is 4.79 Å². The average Bonchev–Trinajstić information content (AvgIpc) is 2.52. The Morgan fingerprint density at radius 2 is 1.50 bits per heavy atom. The molecule has 0 fully saturated rings. The van der Waals surface area contributed by atoms with Gasteiger partial charge in [-0.2, -0.15) is 0 Å². The average molecular weight is 332 g/mol. The van der Waals surface area contributed by atoms with Gasteiger partial charge in [-0.1, -0.05) is 0 Å². The largest absolute Gasteiger partial charge is 0.507 e. The van der Waals surface area contributed by atoms with Gasteiger partial charge in [-0.05, 0) is 30.7 Å². The van der Waals surface area contributed by atoms with Crippen molar-refractivity contribution in [1.29, 1.82) is 0 Å². The molecule has 0 atom stereocenters. The van der Waals surface area contributed by atoms with E-state index in [1.165, 1.54) is 38.5 Å². The maximum atomic E-state index is 12.8. The third-order valence-corrected chi connectivity index (χ3v) is 3.46. The topological polar surface area (TPSA) is 113 Å². The Kier molecular flexibility index (Phi) is 4.64. The van der Waals surface area contributed by atoms with Gasteiger partial charge in [0.15, 0.2) is 0 Å². The van der Waals surface area contributed by atoms with Crippen LogP contribution in [0.15, 0.2) is 24.3 Å². The zero-order chi connectivity index (χ0) is 18.0. The van der Waals surface area contributed by atoms with Gasteiger partial charge in [0, 0.05) is 6.07 Å². The van der Waals surface area contributed by atoms with Crippen LogP contribution in [0.4, 0.5) is 0 Å². The monoisotopic (exact) mass is 332 g/mol. The summed E-state index contributed by atoms with van der Waals surface area (Å²) in [5.41, 5.74) is -0.510. The van der Waals surface area contributed by atoms with Crippen molar-refractivity contribution in [2.24, 2.45) is 0 Å². The third-order valence-electron chi connectivity index (χ3n) is 3.46. The maximum absolute atomic E-state index is 12.8. The van der Waals surface area contributed by atoms with Gasteiger partial charge in [0.05, 0.1) is 25.3 Å². The molecule has 0 spiro atoms. The summed E-state index contributed by atoms with van der Waals surface area (Å²) in [7, 11) is 2.62. The Morgan fingerprint density at radius 3 is 1.96 bits per heavy atom. The SMILES string of the molecule is COc1cc(OC)c(C(=O)c2c(O)cc(C)cc2O)c(C(=O)O)c1. The molecule has 0 saturated heterocycles. The number of aryl methyl sites for hydroxylation is 1. The highest BCUT2D eigenvalue weighted by molar-refractivity contribution is 6.18. The number of phenols is 2. The van der Waals surface area contributed by atoms with Crippen LogP contribution in [-0.2, 0) is 0 Å². The highest BCUT2D eigenvalue weighted by atomic mass is 16.5. The van der Waals surface area contributed by atoms with Crippen LogP contribution in [0.1, 0.15) is 31.8 Å². The predicted octanol–water partition coefficient (Wildman–Crippen LogP) is 2.35. The number of benzene rings is 2. The normalized spacial score (nSPS) is 10.3. The number of carbonyl (C=O) groups is 2. The van der Waals surface area contributed by atoms with Crippen LogP contribution in [0.3, 0.4) is 0 Å². The number of rotatable bonds is 5. The number of carboxylic acids is 1. The fourth-order valence-corrected chi connectivity index (χ4v) is 2.38. The number of ether oxygens (including phenoxy) is 2. The number of ketones is 1. The van der Waals surface area contributed by atoms with Gasteiger partial charge in [0.2, 0.25) is 5.78 Å². The molecule has 2 aromatic carbocycles. The number of carbonyl (C=O) groups excluding carboxylic acids is 1. The molecule has 0 bridgehead atoms. The van der Waals surface area contributed by atoms with E-state index in [1.54, 1.807) is 6.92 Å². The highest BCUT2D eigenvalue weighted by Crippen LogP contribution is 2.36. The maximum Gasteiger partial charge on any atom is 0.336 e. The molecule has 2 rings (SSSR count). The van der Waals surface area contributed by atoms with Crippen LogP contribution in [-0.4, -0.2) is 41.3 Å². The zero-order valence-corrected chi connectivity index (χ0v) is 13.3. The van der Waals surface area contributed by atoms with E-state index in [9.17, 15) is 24.9 Å². The van der Waals surface area contributed by atoms with Crippen LogP contribution >= 0.6 is 0 Å². The molecule has 0 amide bonds. The molecular weight excluding hydrogens is 316 g/mol. The molecule has 2 aromatic rings. The number of phenolic OH excluding ortho intramolecular Hbond substituents is 2. The first kappa shape index (κ1) is 17.1. The zero-order valence-electron chi connectivity index (χ0n) is 13.3. The molecule has 7 heteroatoms. The van der Waals surface area contributed by atoms with E-state index in [1.807, 2.05) is 0 Å². The number of hydrogen-bond acceptors (Lipinski definition) is 6. The summed E-state index contributed by atoms with van der Waals surface area (Å²) < 4.78 is 10.1. The minimum Gasteiger partial charge on any atom is -0.507 e. The second kappa shape index (κ2) is 6.49. The summed E-state index contributed by atoms with van der Waals surface area (Å²) in [4.78, 5) is 24.3. The van der Waals surface area contributed by atoms with Gasteiger partial charge in [0.25, 0.3) is 0 Å². The first-order valence-electron chi connectivity index (χ1n) is 6.86. The van der Waals surface area contributed by atoms with Crippen molar-refractivity contribution in [3.8, 4) is 23.0 Å². The molecule has 0 unspecified atom stereocenters. The Labute approximate surface area is 137 Å². The number of aromatic carboxylic acids is 1. The number of aromatic hydroxyl groups is 2. The van der Waals surface area contributed by atoms with Crippen LogP contribution < -0.4 is 9.47 Å². The molecule has 7 nitrogen and oxygen atoms in total. The molecule has 126 valence electrons. The Balaban J connectivity index is 2.76. The number of carboxylic acid groups (broad SMARTS) is 1. The van der Waals surface area contributed by atoms with Crippen molar-refractivity contribution in [1.82, 2.24) is 0 Å². The molecule has 0 aliphatic heterocycles. The van der Waals surface area contributed by atoms with E-state index in [2.05, 4.69) is 0 Å². The van der Waals surface area contributed by atoms with Crippen molar-refractivity contribution in [2.45, 2.75) is 6.92 Å². The van der Waals surface area contributed by atoms with Crippen molar-refractivity contribution in [2.75, 3.05) is 14.2 Å². The predicted molar refractivity (Wildman–Crippen MR) is 84.4 cm³/mol. The Morgan fingerprint density at radius 1 is 0.917 bits per heavy atom. The second-order valence-corrected chi connectivity index (χ2v) is 5.06. The standard InChI is InChI=1S/C17H16O7/c1-8-4-11(18)15(12(19)5-8)16(20)14-10(17(21)22)6-9(23-2)7-13(14)24-3/h4-7,18-19H,1-3H3,(H,21,22). The smallest absolute Gasteiger partial charge is 0.336 e. The molecule has 0 aromatic heterocycles. The molecule has 24 heavy (non-hydrogen) atoms. The van der Waals surface area contributed by atoms with Crippen molar-refractivity contribution < 1.29 is 34.4 Å². The summed E-state index contributed by atoms with van der Waals surface area (Å²) in [6.45, 7) is 1.63. The van der Waals surface area contributed by atoms with E-state index < -0.39 is 28.8 Å². The third kappa shape index (κ3) is 2.96. The van der Waals surface area contributed by atoms with Gasteiger partial charge in [-0.15, -0.1) is 0 Å². The van der Waals surface area contributed by atoms with Crippen LogP contribution in [0.2, 0.25) is 0 Å². The number of hydrogen-bond donors (Lipinski definition) is 3. The van der Waals surface area contributed by atoms with E-state index in [-0.39, 0.29) is 22.6 Å². The first-order chi connectivity index (χ1) is 11.3. The molecule has 0 saturated carbocycles. The van der Waals surface area contributed by atoms with E-state index in [4.69, 9.17) is 9.47 Å². The lowest BCUT2D eigenvalue weighted by atomic mass is 9.95. The first-order valence-corrected chi connectivity index (χ1v) is 6.86. The quantitative estimate of drug-likeness (QED) is 0.720. The number of methoxy groups -OCH3 is 2. The molecule has 0 heterocycles. The van der Waals surface area contributed by atoms with Gasteiger partial charge in [-0.3, -0.25) is 4.79 Å². The summed E-state index contributed by atoms with van der Waals surface area (Å²) in [6.07, 6.45) is 0. The molecule has 0 aliphatic carbocycles. The minimum atomic E-state index is -1.37. The van der Waals surface area contributed by atoms with Gasteiger partial charge in [0.1, 0.15) is 28.6 Å². The lowest BCUT2D eigenvalue weighted by Gasteiger charge is -2.14. The fraction of sp³-hybridized carbons (Fsp3) is 0.176. The molecular formula is C17H16O7. The van der Waals surface area contributed by atoms with Crippen LogP contribution in [0, 0.1) is 6.92 Å². The van der Waals surface area contributed by atoms with Crippen molar-refractivity contribution in [3.05, 3.63) is 46.5 Å². The fourth-order valence-electron chi connectivity index (χ4n) is 2.38. The van der Waals surface area contributed by atoms with E-state index >= 15 is 0 Å². The van der Waals surface area contributed by atoms with Gasteiger partial charge < -0.3 is 24.8 Å². The van der Waals surface area contributed by atoms with E-state index in [0.717, 1.165) is 0 Å². The van der Waals surface area contributed by atoms with Crippen molar-refractivity contribution >= 4 is 11.8 Å². The Bertz CT molecular complexity index is 801. The molecule has 3 N–H and O–H groups in total. The van der Waals surface area contributed by atoms with Crippen LogP contribution in [0.25, 0.3) is 0 Å². The molecule has 0 aliphatic rings. The van der Waals surface area contributed by atoms with Crippen molar-refractivity contribution in [3.63, 3.8) is 0 Å². The highest BCUT2D eigenvalue weighted by Gasteiger charge is 2.28. The van der Waals surface area contributed by atoms with E-state index in [0.29, 0.717) is 5.56 Å². The summed E-state index contributed by atoms with van der Waals surface area (Å²) in [5, 5.41) is 29.4. The molecule has 0 radical (unpaired) electrons.